The van der Waals surface area contributed by atoms with Crippen molar-refractivity contribution in [2.24, 2.45) is 11.7 Å². The summed E-state index contributed by atoms with van der Waals surface area (Å²) in [4.78, 5) is 11.7. The zero-order valence-electron chi connectivity index (χ0n) is 8.87. The Bertz CT molecular complexity index is 422. The molecule has 4 nitrogen and oxygen atoms in total. The van der Waals surface area contributed by atoms with Crippen LogP contribution in [0.15, 0.2) is 18.2 Å². The number of hydrogen-bond acceptors (Lipinski definition) is 3. The molecule has 1 saturated carbocycles. The van der Waals surface area contributed by atoms with Gasteiger partial charge in [0, 0.05) is 11.1 Å². The molecule has 1 aromatic rings. The molecule has 1 amide bonds. The van der Waals surface area contributed by atoms with Crippen LogP contribution in [0.2, 0.25) is 5.02 Å². The first-order valence-electron chi connectivity index (χ1n) is 5.02. The molecule has 0 bridgehead atoms. The summed E-state index contributed by atoms with van der Waals surface area (Å²) in [6, 6.07) is 5.07. The molecule has 0 radical (unpaired) electrons. The second-order valence-corrected chi connectivity index (χ2v) is 4.28. The summed E-state index contributed by atoms with van der Waals surface area (Å²) in [6.45, 7) is 0. The van der Waals surface area contributed by atoms with Crippen LogP contribution in [-0.2, 0) is 4.79 Å². The zero-order chi connectivity index (χ0) is 11.7. The fourth-order valence-corrected chi connectivity index (χ4v) is 1.69. The van der Waals surface area contributed by atoms with Gasteiger partial charge in [-0.1, -0.05) is 11.6 Å². The quantitative estimate of drug-likeness (QED) is 0.844. The zero-order valence-corrected chi connectivity index (χ0v) is 9.62. The summed E-state index contributed by atoms with van der Waals surface area (Å²) < 4.78 is 5.12. The highest BCUT2D eigenvalue weighted by molar-refractivity contribution is 6.31. The third-order valence-corrected chi connectivity index (χ3v) is 2.83. The molecule has 5 heteroatoms. The Kier molecular flexibility index (Phi) is 3.03. The standard InChI is InChI=1S/C11H13ClN2O2/c1-16-10-3-2-6(12)4-9(10)14-11(15)7-5-8(7)13/h2-4,7-8H,5,13H2,1H3,(H,14,15). The van der Waals surface area contributed by atoms with Gasteiger partial charge < -0.3 is 15.8 Å². The van der Waals surface area contributed by atoms with Crippen molar-refractivity contribution in [3.8, 4) is 5.75 Å². The van der Waals surface area contributed by atoms with Crippen molar-refractivity contribution in [2.45, 2.75) is 12.5 Å². The number of methoxy groups -OCH3 is 1. The molecule has 1 aliphatic rings. The monoisotopic (exact) mass is 240 g/mol. The predicted octanol–water partition coefficient (Wildman–Crippen LogP) is 1.63. The lowest BCUT2D eigenvalue weighted by Crippen LogP contribution is -2.18. The number of amides is 1. The molecule has 2 atom stereocenters. The lowest BCUT2D eigenvalue weighted by molar-refractivity contribution is -0.117. The first-order chi connectivity index (χ1) is 7.61. The average molecular weight is 241 g/mol. The van der Waals surface area contributed by atoms with Gasteiger partial charge in [-0.05, 0) is 24.6 Å². The van der Waals surface area contributed by atoms with Crippen molar-refractivity contribution < 1.29 is 9.53 Å². The van der Waals surface area contributed by atoms with E-state index in [1.54, 1.807) is 25.3 Å². The van der Waals surface area contributed by atoms with Crippen LogP contribution < -0.4 is 15.8 Å². The van der Waals surface area contributed by atoms with Crippen LogP contribution >= 0.6 is 11.6 Å². The van der Waals surface area contributed by atoms with Crippen molar-refractivity contribution >= 4 is 23.2 Å². The summed E-state index contributed by atoms with van der Waals surface area (Å²) in [5.74, 6) is 0.434. The van der Waals surface area contributed by atoms with Gasteiger partial charge >= 0.3 is 0 Å². The van der Waals surface area contributed by atoms with Crippen LogP contribution in [0.3, 0.4) is 0 Å². The third-order valence-electron chi connectivity index (χ3n) is 2.60. The molecular weight excluding hydrogens is 228 g/mol. The van der Waals surface area contributed by atoms with Gasteiger partial charge in [0.15, 0.2) is 0 Å². The van der Waals surface area contributed by atoms with Crippen molar-refractivity contribution in [1.82, 2.24) is 0 Å². The molecular formula is C11H13ClN2O2. The van der Waals surface area contributed by atoms with Gasteiger partial charge in [0.25, 0.3) is 0 Å². The van der Waals surface area contributed by atoms with Gasteiger partial charge in [0.1, 0.15) is 5.75 Å². The minimum atomic E-state index is -0.0799. The molecule has 0 saturated heterocycles. The molecule has 16 heavy (non-hydrogen) atoms. The van der Waals surface area contributed by atoms with Crippen molar-refractivity contribution in [2.75, 3.05) is 12.4 Å². The summed E-state index contributed by atoms with van der Waals surface area (Å²) in [7, 11) is 1.54. The number of hydrogen-bond donors (Lipinski definition) is 2. The SMILES string of the molecule is COc1ccc(Cl)cc1NC(=O)C1CC1N. The minimum absolute atomic E-state index is 0.00909. The van der Waals surface area contributed by atoms with E-state index in [4.69, 9.17) is 22.1 Å². The lowest BCUT2D eigenvalue weighted by Gasteiger charge is -2.10. The summed E-state index contributed by atoms with van der Waals surface area (Å²) >= 11 is 5.85. The highest BCUT2D eigenvalue weighted by Gasteiger charge is 2.40. The van der Waals surface area contributed by atoms with E-state index in [0.717, 1.165) is 6.42 Å². The summed E-state index contributed by atoms with van der Waals surface area (Å²) in [5.41, 5.74) is 6.19. The first kappa shape index (κ1) is 11.2. The van der Waals surface area contributed by atoms with E-state index in [2.05, 4.69) is 5.32 Å². The Morgan fingerprint density at radius 1 is 1.62 bits per heavy atom. The highest BCUT2D eigenvalue weighted by atomic mass is 35.5. The number of carbonyl (C=O) groups is 1. The molecule has 0 aliphatic heterocycles. The van der Waals surface area contributed by atoms with E-state index in [1.165, 1.54) is 0 Å². The number of nitrogens with one attached hydrogen (secondary N) is 1. The number of benzene rings is 1. The van der Waals surface area contributed by atoms with E-state index in [0.29, 0.717) is 16.5 Å². The molecule has 0 heterocycles. The van der Waals surface area contributed by atoms with Crippen molar-refractivity contribution in [3.63, 3.8) is 0 Å². The molecule has 0 aromatic heterocycles. The molecule has 2 unspecified atom stereocenters. The van der Waals surface area contributed by atoms with E-state index in [-0.39, 0.29) is 17.9 Å². The Hall–Kier alpha value is -1.26. The molecule has 86 valence electrons. The smallest absolute Gasteiger partial charge is 0.229 e. The molecule has 1 aromatic carbocycles. The predicted molar refractivity (Wildman–Crippen MR) is 62.7 cm³/mol. The Morgan fingerprint density at radius 3 is 2.88 bits per heavy atom. The second kappa shape index (κ2) is 4.31. The normalized spacial score (nSPS) is 22.7. The van der Waals surface area contributed by atoms with E-state index >= 15 is 0 Å². The van der Waals surface area contributed by atoms with Gasteiger partial charge in [0.2, 0.25) is 5.91 Å². The number of carbonyl (C=O) groups excluding carboxylic acids is 1. The maximum absolute atomic E-state index is 11.7. The fourth-order valence-electron chi connectivity index (χ4n) is 1.52. The summed E-state index contributed by atoms with van der Waals surface area (Å²) in [6.07, 6.45) is 0.745. The van der Waals surface area contributed by atoms with Crippen molar-refractivity contribution in [3.05, 3.63) is 23.2 Å². The number of halogens is 1. The number of ether oxygens (including phenoxy) is 1. The Balaban J connectivity index is 2.13. The van der Waals surface area contributed by atoms with E-state index < -0.39 is 0 Å². The van der Waals surface area contributed by atoms with Gasteiger partial charge in [-0.2, -0.15) is 0 Å². The largest absolute Gasteiger partial charge is 0.495 e. The van der Waals surface area contributed by atoms with Crippen LogP contribution in [0.1, 0.15) is 6.42 Å². The van der Waals surface area contributed by atoms with E-state index in [9.17, 15) is 4.79 Å². The van der Waals surface area contributed by atoms with Gasteiger partial charge in [-0.15, -0.1) is 0 Å². The Labute approximate surface area is 98.7 Å². The molecule has 2 rings (SSSR count). The number of rotatable bonds is 3. The second-order valence-electron chi connectivity index (χ2n) is 3.84. The van der Waals surface area contributed by atoms with Crippen LogP contribution in [0.4, 0.5) is 5.69 Å². The molecule has 1 fully saturated rings. The molecule has 0 spiro atoms. The lowest BCUT2D eigenvalue weighted by atomic mass is 10.2. The first-order valence-corrected chi connectivity index (χ1v) is 5.39. The summed E-state index contributed by atoms with van der Waals surface area (Å²) in [5, 5.41) is 3.32. The Morgan fingerprint density at radius 2 is 2.31 bits per heavy atom. The highest BCUT2D eigenvalue weighted by Crippen LogP contribution is 2.32. The maximum atomic E-state index is 11.7. The number of nitrogens with two attached hydrogens (primary N) is 1. The van der Waals surface area contributed by atoms with Crippen molar-refractivity contribution in [1.29, 1.82) is 0 Å². The van der Waals surface area contributed by atoms with Crippen LogP contribution in [-0.4, -0.2) is 19.1 Å². The van der Waals surface area contributed by atoms with Gasteiger partial charge in [0.05, 0.1) is 18.7 Å². The molecule has 1 aliphatic carbocycles. The van der Waals surface area contributed by atoms with Gasteiger partial charge in [-0.25, -0.2) is 0 Å². The maximum Gasteiger partial charge on any atom is 0.229 e. The minimum Gasteiger partial charge on any atom is -0.495 e. The third kappa shape index (κ3) is 2.28. The van der Waals surface area contributed by atoms with Crippen LogP contribution in [0.25, 0.3) is 0 Å². The number of anilines is 1. The van der Waals surface area contributed by atoms with Crippen LogP contribution in [0, 0.1) is 5.92 Å². The fraction of sp³-hybridized carbons (Fsp3) is 0.364. The van der Waals surface area contributed by atoms with Gasteiger partial charge in [-0.3, -0.25) is 4.79 Å². The van der Waals surface area contributed by atoms with Crippen LogP contribution in [0.5, 0.6) is 5.75 Å². The molecule has 3 N–H and O–H groups in total. The average Bonchev–Trinajstić information content (AvgIpc) is 2.96. The van der Waals surface area contributed by atoms with E-state index in [1.807, 2.05) is 0 Å². The topological polar surface area (TPSA) is 64.3 Å².